The van der Waals surface area contributed by atoms with Gasteiger partial charge in [-0.1, -0.05) is 12.1 Å². The molecule has 4 rings (SSSR count). The number of piperazine rings is 1. The van der Waals surface area contributed by atoms with Gasteiger partial charge in [-0.25, -0.2) is 4.98 Å². The van der Waals surface area contributed by atoms with Crippen LogP contribution < -0.4 is 10.6 Å². The summed E-state index contributed by atoms with van der Waals surface area (Å²) in [6, 6.07) is 8.43. The summed E-state index contributed by atoms with van der Waals surface area (Å²) in [5.74, 6) is 0.960. The summed E-state index contributed by atoms with van der Waals surface area (Å²) in [6.45, 7) is 5.79. The summed E-state index contributed by atoms with van der Waals surface area (Å²) in [5, 5.41) is 0. The van der Waals surface area contributed by atoms with Gasteiger partial charge in [0.2, 0.25) is 0 Å². The third-order valence-corrected chi connectivity index (χ3v) is 4.61. The van der Waals surface area contributed by atoms with E-state index in [9.17, 15) is 0 Å². The zero-order valence-corrected chi connectivity index (χ0v) is 13.1. The number of benzene rings is 1. The molecule has 1 aromatic carbocycles. The first-order valence-corrected chi connectivity index (χ1v) is 8.05. The lowest BCUT2D eigenvalue weighted by Gasteiger charge is -2.43. The number of nitrogen functional groups attached to an aromatic ring is 1. The van der Waals surface area contributed by atoms with Crippen molar-refractivity contribution < 1.29 is 4.74 Å². The Labute approximate surface area is 135 Å². The minimum atomic E-state index is 0.607. The highest BCUT2D eigenvalue weighted by Crippen LogP contribution is 2.28. The van der Waals surface area contributed by atoms with E-state index in [1.807, 2.05) is 24.3 Å². The van der Waals surface area contributed by atoms with Crippen LogP contribution in [0.5, 0.6) is 0 Å². The van der Waals surface area contributed by atoms with Gasteiger partial charge in [0.05, 0.1) is 19.3 Å². The van der Waals surface area contributed by atoms with E-state index in [1.165, 1.54) is 0 Å². The van der Waals surface area contributed by atoms with Crippen LogP contribution in [0.4, 0.5) is 11.5 Å². The van der Waals surface area contributed by atoms with Gasteiger partial charge in [0.1, 0.15) is 5.69 Å². The maximum Gasteiger partial charge on any atom is 0.155 e. The zero-order chi connectivity index (χ0) is 15.6. The van der Waals surface area contributed by atoms with Crippen LogP contribution in [-0.2, 0) is 4.74 Å². The van der Waals surface area contributed by atoms with Crippen molar-refractivity contribution in [3.05, 3.63) is 36.7 Å². The predicted octanol–water partition coefficient (Wildman–Crippen LogP) is 1.25. The predicted molar refractivity (Wildman–Crippen MR) is 90.3 cm³/mol. The Morgan fingerprint density at radius 2 is 1.65 bits per heavy atom. The molecule has 2 saturated heterocycles. The molecule has 1 aromatic heterocycles. The second-order valence-corrected chi connectivity index (χ2v) is 6.06. The summed E-state index contributed by atoms with van der Waals surface area (Å²) in [4.78, 5) is 14.0. The summed E-state index contributed by atoms with van der Waals surface area (Å²) < 4.78 is 5.30. The molecular formula is C17H21N5O. The van der Waals surface area contributed by atoms with Gasteiger partial charge in [-0.2, -0.15) is 0 Å². The third-order valence-electron chi connectivity index (χ3n) is 4.61. The first kappa shape index (κ1) is 14.4. The Morgan fingerprint density at radius 1 is 0.957 bits per heavy atom. The number of rotatable bonds is 3. The second kappa shape index (κ2) is 6.14. The fraction of sp³-hybridized carbons (Fsp3) is 0.412. The Balaban J connectivity index is 1.54. The minimum Gasteiger partial charge on any atom is -0.399 e. The number of aromatic nitrogens is 2. The molecule has 0 amide bonds. The van der Waals surface area contributed by atoms with Crippen molar-refractivity contribution in [1.29, 1.82) is 0 Å². The fourth-order valence-electron chi connectivity index (χ4n) is 3.14. The maximum absolute atomic E-state index is 5.79. The van der Waals surface area contributed by atoms with E-state index in [0.29, 0.717) is 6.04 Å². The minimum absolute atomic E-state index is 0.607. The monoisotopic (exact) mass is 311 g/mol. The average molecular weight is 311 g/mol. The molecule has 0 unspecified atom stereocenters. The van der Waals surface area contributed by atoms with Gasteiger partial charge >= 0.3 is 0 Å². The Bertz CT molecular complexity index is 663. The largest absolute Gasteiger partial charge is 0.399 e. The third kappa shape index (κ3) is 2.87. The van der Waals surface area contributed by atoms with Gasteiger partial charge in [-0.05, 0) is 12.1 Å². The number of anilines is 2. The van der Waals surface area contributed by atoms with Crippen molar-refractivity contribution >= 4 is 11.5 Å². The molecule has 2 aliphatic rings. The van der Waals surface area contributed by atoms with E-state index >= 15 is 0 Å². The normalized spacial score (nSPS) is 19.6. The summed E-state index contributed by atoms with van der Waals surface area (Å²) in [7, 11) is 0. The van der Waals surface area contributed by atoms with Gasteiger partial charge < -0.3 is 15.4 Å². The first-order valence-electron chi connectivity index (χ1n) is 8.05. The quantitative estimate of drug-likeness (QED) is 0.861. The molecule has 2 N–H and O–H groups in total. The van der Waals surface area contributed by atoms with Crippen LogP contribution in [0.25, 0.3) is 11.3 Å². The number of hydrogen-bond donors (Lipinski definition) is 1. The van der Waals surface area contributed by atoms with E-state index in [1.54, 1.807) is 12.4 Å². The molecule has 6 heteroatoms. The van der Waals surface area contributed by atoms with Crippen LogP contribution in [0.2, 0.25) is 0 Å². The summed E-state index contributed by atoms with van der Waals surface area (Å²) in [5.41, 5.74) is 8.52. The molecule has 0 bridgehead atoms. The standard InChI is InChI=1S/C17H21N5O/c18-14-3-1-13(2-4-14)16-17(20-6-5-19-16)22-9-7-21(8-10-22)15-11-23-12-15/h1-6,15H,7-12,18H2. The molecule has 0 saturated carbocycles. The van der Waals surface area contributed by atoms with Crippen molar-refractivity contribution in [1.82, 2.24) is 14.9 Å². The van der Waals surface area contributed by atoms with Gasteiger partial charge in [0.15, 0.2) is 5.82 Å². The summed E-state index contributed by atoms with van der Waals surface area (Å²) in [6.07, 6.45) is 3.51. The van der Waals surface area contributed by atoms with E-state index in [0.717, 1.165) is 62.2 Å². The molecular weight excluding hydrogens is 290 g/mol. The highest BCUT2D eigenvalue weighted by molar-refractivity contribution is 5.73. The SMILES string of the molecule is Nc1ccc(-c2nccnc2N2CCN(C3COC3)CC2)cc1. The number of ether oxygens (including phenoxy) is 1. The molecule has 120 valence electrons. The molecule has 2 aliphatic heterocycles. The van der Waals surface area contributed by atoms with Gasteiger partial charge in [0.25, 0.3) is 0 Å². The van der Waals surface area contributed by atoms with Crippen molar-refractivity contribution in [3.63, 3.8) is 0 Å². The van der Waals surface area contributed by atoms with Crippen LogP contribution >= 0.6 is 0 Å². The van der Waals surface area contributed by atoms with Gasteiger partial charge in [-0.15, -0.1) is 0 Å². The van der Waals surface area contributed by atoms with E-state index in [-0.39, 0.29) is 0 Å². The maximum atomic E-state index is 5.79. The molecule has 2 fully saturated rings. The Kier molecular flexibility index (Phi) is 3.85. The Morgan fingerprint density at radius 3 is 2.30 bits per heavy atom. The fourth-order valence-corrected chi connectivity index (χ4v) is 3.14. The average Bonchev–Trinajstić information content (AvgIpc) is 2.55. The molecule has 6 nitrogen and oxygen atoms in total. The summed E-state index contributed by atoms with van der Waals surface area (Å²) >= 11 is 0. The second-order valence-electron chi connectivity index (χ2n) is 6.06. The van der Waals surface area contributed by atoms with Crippen molar-refractivity contribution in [2.75, 3.05) is 50.0 Å². The zero-order valence-electron chi connectivity index (χ0n) is 13.1. The molecule has 2 aromatic rings. The topological polar surface area (TPSA) is 67.5 Å². The smallest absolute Gasteiger partial charge is 0.155 e. The van der Waals surface area contributed by atoms with Crippen molar-refractivity contribution in [2.24, 2.45) is 0 Å². The van der Waals surface area contributed by atoms with Crippen LogP contribution in [0.1, 0.15) is 0 Å². The van der Waals surface area contributed by atoms with Crippen molar-refractivity contribution in [2.45, 2.75) is 6.04 Å². The lowest BCUT2D eigenvalue weighted by Crippen LogP contribution is -2.56. The highest BCUT2D eigenvalue weighted by Gasteiger charge is 2.29. The number of nitrogens with zero attached hydrogens (tertiary/aromatic N) is 4. The molecule has 23 heavy (non-hydrogen) atoms. The van der Waals surface area contributed by atoms with Crippen LogP contribution in [0, 0.1) is 0 Å². The molecule has 0 radical (unpaired) electrons. The molecule has 3 heterocycles. The van der Waals surface area contributed by atoms with E-state index in [4.69, 9.17) is 10.5 Å². The first-order chi connectivity index (χ1) is 11.3. The van der Waals surface area contributed by atoms with E-state index < -0.39 is 0 Å². The molecule has 0 aliphatic carbocycles. The van der Waals surface area contributed by atoms with Gasteiger partial charge in [0, 0.05) is 49.8 Å². The lowest BCUT2D eigenvalue weighted by molar-refractivity contribution is -0.0660. The van der Waals surface area contributed by atoms with Crippen LogP contribution in [0.3, 0.4) is 0 Å². The lowest BCUT2D eigenvalue weighted by atomic mass is 10.1. The Hall–Kier alpha value is -2.18. The van der Waals surface area contributed by atoms with E-state index in [2.05, 4.69) is 19.8 Å². The van der Waals surface area contributed by atoms with Gasteiger partial charge in [-0.3, -0.25) is 9.88 Å². The number of hydrogen-bond acceptors (Lipinski definition) is 6. The van der Waals surface area contributed by atoms with Crippen LogP contribution in [0.15, 0.2) is 36.7 Å². The highest BCUT2D eigenvalue weighted by atomic mass is 16.5. The van der Waals surface area contributed by atoms with Crippen molar-refractivity contribution in [3.8, 4) is 11.3 Å². The molecule has 0 atom stereocenters. The number of nitrogens with two attached hydrogens (primary N) is 1. The molecule has 0 spiro atoms. The van der Waals surface area contributed by atoms with Crippen LogP contribution in [-0.4, -0.2) is 60.3 Å².